The molecule has 1 heterocycles. The predicted molar refractivity (Wildman–Crippen MR) is 88.7 cm³/mol. The van der Waals surface area contributed by atoms with Gasteiger partial charge in [-0.3, -0.25) is 0 Å². The van der Waals surface area contributed by atoms with Crippen LogP contribution in [0.4, 0.5) is 0 Å². The molecule has 2 aromatic rings. The molecule has 0 unspecified atom stereocenters. The molecule has 0 aliphatic carbocycles. The van der Waals surface area contributed by atoms with Gasteiger partial charge >= 0.3 is 0 Å². The molecule has 22 heavy (non-hydrogen) atoms. The first kappa shape index (κ1) is 14.5. The maximum absolute atomic E-state index is 9.18. The van der Waals surface area contributed by atoms with Gasteiger partial charge in [0, 0.05) is 5.75 Å². The van der Waals surface area contributed by atoms with Crippen LogP contribution in [-0.2, 0) is 18.8 Å². The van der Waals surface area contributed by atoms with E-state index in [1.54, 1.807) is 16.7 Å². The van der Waals surface area contributed by atoms with E-state index < -0.39 is 0 Å². The summed E-state index contributed by atoms with van der Waals surface area (Å²) in [7, 11) is 0. The molecule has 0 spiro atoms. The Hall–Kier alpha value is -2.43. The minimum absolute atomic E-state index is 0.666. The van der Waals surface area contributed by atoms with Gasteiger partial charge in [-0.05, 0) is 52.3 Å². The van der Waals surface area contributed by atoms with Crippen LogP contribution in [0.25, 0.3) is 11.1 Å². The smallest absolute Gasteiger partial charge is 0.179 e. The number of rotatable bonds is 3. The van der Waals surface area contributed by atoms with E-state index in [0.717, 1.165) is 11.3 Å². The lowest BCUT2D eigenvalue weighted by molar-refractivity contribution is 0.417. The second-order valence-corrected chi connectivity index (χ2v) is 6.23. The number of nitriles is 2. The van der Waals surface area contributed by atoms with Gasteiger partial charge < -0.3 is 4.90 Å². The largest absolute Gasteiger partial charge is 0.302 e. The average Bonchev–Trinajstić information content (AvgIpc) is 2.97. The fraction of sp³-hybridized carbons (Fsp3) is 0.222. The molecule has 0 N–H and O–H groups in total. The van der Waals surface area contributed by atoms with Gasteiger partial charge in [-0.25, -0.2) is 0 Å². The van der Waals surface area contributed by atoms with Crippen molar-refractivity contribution >= 4 is 11.8 Å². The molecular formula is C18H15N3S. The third-order valence-corrected chi connectivity index (χ3v) is 4.51. The molecule has 0 saturated carbocycles. The van der Waals surface area contributed by atoms with Crippen molar-refractivity contribution in [1.29, 1.82) is 10.5 Å². The summed E-state index contributed by atoms with van der Waals surface area (Å²) in [5, 5.41) is 18.1. The standard InChI is InChI=1S/C18H15N3S/c1-22-11-14-6-16-9-21(12-20)10-18(16)17(7-14)15-4-2-13(8-19)3-5-15/h2-7H,9-11H2,1H3. The number of benzene rings is 2. The molecule has 4 heteroatoms. The average molecular weight is 305 g/mol. The molecule has 2 aromatic carbocycles. The van der Waals surface area contributed by atoms with E-state index in [2.05, 4.69) is 30.7 Å². The van der Waals surface area contributed by atoms with Gasteiger partial charge in [-0.1, -0.05) is 18.2 Å². The zero-order chi connectivity index (χ0) is 15.5. The van der Waals surface area contributed by atoms with Crippen LogP contribution in [0.15, 0.2) is 36.4 Å². The molecule has 0 amide bonds. The Morgan fingerprint density at radius 2 is 1.91 bits per heavy atom. The molecule has 0 radical (unpaired) electrons. The summed E-state index contributed by atoms with van der Waals surface area (Å²) < 4.78 is 0. The third kappa shape index (κ3) is 2.66. The topological polar surface area (TPSA) is 50.8 Å². The van der Waals surface area contributed by atoms with Crippen LogP contribution >= 0.6 is 11.8 Å². The summed E-state index contributed by atoms with van der Waals surface area (Å²) in [5.74, 6) is 0.961. The molecule has 3 nitrogen and oxygen atoms in total. The van der Waals surface area contributed by atoms with E-state index in [9.17, 15) is 5.26 Å². The number of nitrogens with zero attached hydrogens (tertiary/aromatic N) is 3. The maximum Gasteiger partial charge on any atom is 0.179 e. The lowest BCUT2D eigenvalue weighted by atomic mass is 9.94. The highest BCUT2D eigenvalue weighted by molar-refractivity contribution is 7.97. The summed E-state index contributed by atoms with van der Waals surface area (Å²) in [5.41, 5.74) is 6.72. The van der Waals surface area contributed by atoms with Crippen molar-refractivity contribution in [2.24, 2.45) is 0 Å². The van der Waals surface area contributed by atoms with Crippen LogP contribution < -0.4 is 0 Å². The summed E-state index contributed by atoms with van der Waals surface area (Å²) in [6.07, 6.45) is 4.34. The SMILES string of the molecule is CSCc1cc2c(c(-c3ccc(C#N)cc3)c1)CN(C#N)C2. The molecule has 0 aromatic heterocycles. The third-order valence-electron chi connectivity index (χ3n) is 3.89. The lowest BCUT2D eigenvalue weighted by Gasteiger charge is -2.11. The van der Waals surface area contributed by atoms with Crippen molar-refractivity contribution < 1.29 is 0 Å². The molecule has 1 aliphatic rings. The minimum Gasteiger partial charge on any atom is -0.302 e. The van der Waals surface area contributed by atoms with Crippen LogP contribution in [0, 0.1) is 22.8 Å². The Morgan fingerprint density at radius 3 is 2.55 bits per heavy atom. The first-order valence-corrected chi connectivity index (χ1v) is 8.43. The van der Waals surface area contributed by atoms with Crippen molar-refractivity contribution in [2.45, 2.75) is 18.8 Å². The van der Waals surface area contributed by atoms with Gasteiger partial charge in [0.25, 0.3) is 0 Å². The van der Waals surface area contributed by atoms with E-state index in [1.165, 1.54) is 22.3 Å². The fourth-order valence-corrected chi connectivity index (χ4v) is 3.38. The lowest BCUT2D eigenvalue weighted by Crippen LogP contribution is -2.07. The van der Waals surface area contributed by atoms with Gasteiger partial charge in [0.1, 0.15) is 0 Å². The number of thioether (sulfide) groups is 1. The molecule has 0 bridgehead atoms. The molecule has 0 fully saturated rings. The summed E-state index contributed by atoms with van der Waals surface area (Å²) >= 11 is 1.80. The normalized spacial score (nSPS) is 12.6. The second-order valence-electron chi connectivity index (χ2n) is 5.36. The van der Waals surface area contributed by atoms with Gasteiger partial charge in [0.05, 0.1) is 24.7 Å². The molecule has 108 valence electrons. The van der Waals surface area contributed by atoms with Gasteiger partial charge in [-0.2, -0.15) is 22.3 Å². The number of hydrogen-bond acceptors (Lipinski definition) is 4. The van der Waals surface area contributed by atoms with Crippen molar-refractivity contribution in [3.8, 4) is 23.4 Å². The van der Waals surface area contributed by atoms with Crippen LogP contribution in [-0.4, -0.2) is 11.2 Å². The quantitative estimate of drug-likeness (QED) is 0.807. The minimum atomic E-state index is 0.666. The van der Waals surface area contributed by atoms with Crippen LogP contribution in [0.5, 0.6) is 0 Å². The zero-order valence-corrected chi connectivity index (χ0v) is 13.2. The second kappa shape index (κ2) is 6.13. The van der Waals surface area contributed by atoms with Crippen molar-refractivity contribution in [1.82, 2.24) is 4.90 Å². The summed E-state index contributed by atoms with van der Waals surface area (Å²) in [6, 6.07) is 14.3. The van der Waals surface area contributed by atoms with Crippen molar-refractivity contribution in [2.75, 3.05) is 6.26 Å². The predicted octanol–water partition coefficient (Wildman–Crippen LogP) is 3.88. The summed E-state index contributed by atoms with van der Waals surface area (Å²) in [6.45, 7) is 1.36. The highest BCUT2D eigenvalue weighted by atomic mass is 32.2. The monoisotopic (exact) mass is 305 g/mol. The van der Waals surface area contributed by atoms with E-state index in [-0.39, 0.29) is 0 Å². The molecule has 0 saturated heterocycles. The molecule has 0 atom stereocenters. The molecule has 3 rings (SSSR count). The maximum atomic E-state index is 9.18. The Kier molecular flexibility index (Phi) is 4.04. The Bertz CT molecular complexity index is 782. The van der Waals surface area contributed by atoms with Crippen molar-refractivity contribution in [3.05, 3.63) is 58.7 Å². The first-order chi connectivity index (χ1) is 10.7. The Morgan fingerprint density at radius 1 is 1.14 bits per heavy atom. The van der Waals surface area contributed by atoms with Crippen LogP contribution in [0.1, 0.15) is 22.3 Å². The van der Waals surface area contributed by atoms with E-state index in [1.807, 2.05) is 24.3 Å². The van der Waals surface area contributed by atoms with Gasteiger partial charge in [-0.15, -0.1) is 0 Å². The van der Waals surface area contributed by atoms with E-state index in [4.69, 9.17) is 5.26 Å². The Labute approximate surface area is 134 Å². The zero-order valence-electron chi connectivity index (χ0n) is 12.3. The fourth-order valence-electron chi connectivity index (χ4n) is 2.88. The molecular weight excluding hydrogens is 290 g/mol. The van der Waals surface area contributed by atoms with Crippen molar-refractivity contribution in [3.63, 3.8) is 0 Å². The highest BCUT2D eigenvalue weighted by Crippen LogP contribution is 2.34. The number of hydrogen-bond donors (Lipinski definition) is 0. The van der Waals surface area contributed by atoms with Gasteiger partial charge in [0.2, 0.25) is 0 Å². The van der Waals surface area contributed by atoms with Crippen LogP contribution in [0.2, 0.25) is 0 Å². The van der Waals surface area contributed by atoms with E-state index >= 15 is 0 Å². The molecule has 1 aliphatic heterocycles. The van der Waals surface area contributed by atoms with Crippen LogP contribution in [0.3, 0.4) is 0 Å². The van der Waals surface area contributed by atoms with E-state index in [0.29, 0.717) is 18.7 Å². The Balaban J connectivity index is 2.10. The highest BCUT2D eigenvalue weighted by Gasteiger charge is 2.22. The summed E-state index contributed by atoms with van der Waals surface area (Å²) in [4.78, 5) is 1.78. The van der Waals surface area contributed by atoms with Gasteiger partial charge in [0.15, 0.2) is 6.19 Å². The number of fused-ring (bicyclic) bond motifs is 1. The first-order valence-electron chi connectivity index (χ1n) is 7.04.